The molecule has 3 heterocycles. The second-order valence-electron chi connectivity index (χ2n) is 9.12. The van der Waals surface area contributed by atoms with Gasteiger partial charge in [-0.15, -0.1) is 0 Å². The van der Waals surface area contributed by atoms with Crippen molar-refractivity contribution in [2.75, 3.05) is 26.2 Å². The number of fused-ring (bicyclic) bond motifs is 1. The van der Waals surface area contributed by atoms with Gasteiger partial charge >= 0.3 is 0 Å². The minimum Gasteiger partial charge on any atom is -0.353 e. The van der Waals surface area contributed by atoms with E-state index in [9.17, 15) is 4.79 Å². The minimum absolute atomic E-state index is 0.198. The van der Waals surface area contributed by atoms with Gasteiger partial charge < -0.3 is 5.32 Å². The summed E-state index contributed by atoms with van der Waals surface area (Å²) >= 11 is 0. The first-order chi connectivity index (χ1) is 14.3. The van der Waals surface area contributed by atoms with Gasteiger partial charge in [0.25, 0.3) is 0 Å². The molecule has 0 bridgehead atoms. The van der Waals surface area contributed by atoms with E-state index >= 15 is 0 Å². The molecule has 1 aromatic carbocycles. The highest BCUT2D eigenvalue weighted by atomic mass is 16.2. The van der Waals surface area contributed by atoms with Gasteiger partial charge in [-0.05, 0) is 69.8 Å². The monoisotopic (exact) mass is 392 g/mol. The zero-order chi connectivity index (χ0) is 19.6. The van der Waals surface area contributed by atoms with Gasteiger partial charge in [0.2, 0.25) is 5.91 Å². The summed E-state index contributed by atoms with van der Waals surface area (Å²) in [6.07, 6.45) is 8.86. The number of rotatable bonds is 5. The molecule has 0 spiro atoms. The van der Waals surface area contributed by atoms with Crippen LogP contribution in [-0.2, 0) is 11.3 Å². The van der Waals surface area contributed by atoms with Crippen LogP contribution in [-0.4, -0.2) is 59.0 Å². The van der Waals surface area contributed by atoms with Crippen LogP contribution >= 0.6 is 0 Å². The van der Waals surface area contributed by atoms with Crippen molar-refractivity contribution in [2.45, 2.75) is 57.2 Å². The number of pyridine rings is 1. The fraction of sp³-hybridized carbons (Fsp3) is 0.583. The van der Waals surface area contributed by atoms with E-state index in [1.54, 1.807) is 0 Å². The quantitative estimate of drug-likeness (QED) is 0.849. The van der Waals surface area contributed by atoms with E-state index in [0.29, 0.717) is 18.0 Å². The Hall–Kier alpha value is -1.98. The molecular weight excluding hydrogens is 360 g/mol. The maximum absolute atomic E-state index is 12.5. The number of para-hydroxylation sites is 1. The molecule has 1 amide bonds. The summed E-state index contributed by atoms with van der Waals surface area (Å²) in [7, 11) is 0. The van der Waals surface area contributed by atoms with Crippen LogP contribution in [0.1, 0.15) is 44.1 Å². The lowest BCUT2D eigenvalue weighted by Crippen LogP contribution is -2.50. The third-order valence-corrected chi connectivity index (χ3v) is 6.93. The number of carbonyl (C=O) groups excluding carboxylic acids is 1. The molecule has 1 aromatic heterocycles. The van der Waals surface area contributed by atoms with Crippen LogP contribution in [0, 0.1) is 5.92 Å². The Kier molecular flexibility index (Phi) is 5.51. The van der Waals surface area contributed by atoms with E-state index in [4.69, 9.17) is 0 Å². The number of hydrogen-bond donors (Lipinski definition) is 1. The Labute approximate surface area is 173 Å². The highest BCUT2D eigenvalue weighted by Crippen LogP contribution is 2.27. The lowest BCUT2D eigenvalue weighted by molar-refractivity contribution is -0.127. The van der Waals surface area contributed by atoms with Gasteiger partial charge in [-0.25, -0.2) is 0 Å². The zero-order valence-electron chi connectivity index (χ0n) is 17.2. The van der Waals surface area contributed by atoms with Gasteiger partial charge in [-0.1, -0.05) is 24.3 Å². The number of nitrogens with zero attached hydrogens (tertiary/aromatic N) is 3. The fourth-order valence-corrected chi connectivity index (χ4v) is 5.08. The Bertz CT molecular complexity index is 852. The smallest absolute Gasteiger partial charge is 0.224 e. The van der Waals surface area contributed by atoms with Gasteiger partial charge in [0.15, 0.2) is 0 Å². The van der Waals surface area contributed by atoms with E-state index in [-0.39, 0.29) is 5.92 Å². The van der Waals surface area contributed by atoms with Crippen LogP contribution < -0.4 is 5.32 Å². The maximum Gasteiger partial charge on any atom is 0.224 e. The normalized spacial score (nSPS) is 24.6. The first-order valence-corrected chi connectivity index (χ1v) is 11.4. The van der Waals surface area contributed by atoms with Crippen molar-refractivity contribution in [1.82, 2.24) is 20.1 Å². The Morgan fingerprint density at radius 3 is 2.69 bits per heavy atom. The van der Waals surface area contributed by atoms with Crippen molar-refractivity contribution in [3.63, 3.8) is 0 Å². The molecule has 5 nitrogen and oxygen atoms in total. The zero-order valence-corrected chi connectivity index (χ0v) is 17.2. The largest absolute Gasteiger partial charge is 0.353 e. The molecule has 2 aromatic rings. The van der Waals surface area contributed by atoms with E-state index in [0.717, 1.165) is 51.1 Å². The lowest BCUT2D eigenvalue weighted by Gasteiger charge is -2.42. The highest BCUT2D eigenvalue weighted by Gasteiger charge is 2.33. The average molecular weight is 393 g/mol. The summed E-state index contributed by atoms with van der Waals surface area (Å²) in [5.41, 5.74) is 2.47. The van der Waals surface area contributed by atoms with E-state index in [1.165, 1.54) is 36.6 Å². The minimum atomic E-state index is 0.198. The van der Waals surface area contributed by atoms with Crippen molar-refractivity contribution in [1.29, 1.82) is 0 Å². The first kappa shape index (κ1) is 19.0. The van der Waals surface area contributed by atoms with Gasteiger partial charge in [-0.2, -0.15) is 0 Å². The molecule has 1 atom stereocenters. The van der Waals surface area contributed by atoms with Gasteiger partial charge in [-0.3, -0.25) is 19.6 Å². The predicted molar refractivity (Wildman–Crippen MR) is 116 cm³/mol. The van der Waals surface area contributed by atoms with Crippen molar-refractivity contribution in [2.24, 2.45) is 5.92 Å². The molecule has 1 unspecified atom stereocenters. The van der Waals surface area contributed by atoms with Crippen LogP contribution in [0.15, 0.2) is 36.5 Å². The van der Waals surface area contributed by atoms with Gasteiger partial charge in [0.1, 0.15) is 0 Å². The third-order valence-electron chi connectivity index (χ3n) is 6.93. The molecule has 1 saturated carbocycles. The summed E-state index contributed by atoms with van der Waals surface area (Å²) in [6, 6.07) is 11.8. The molecule has 2 aliphatic heterocycles. The summed E-state index contributed by atoms with van der Waals surface area (Å²) in [5, 5.41) is 4.44. The SMILES string of the molecule is O=C(NC1CC1)C1CCCN(C2CCN(Cc3cccc4cccnc34)CC2)C1. The molecule has 2 saturated heterocycles. The van der Waals surface area contributed by atoms with Gasteiger partial charge in [0.05, 0.1) is 11.4 Å². The van der Waals surface area contributed by atoms with Crippen molar-refractivity contribution in [3.05, 3.63) is 42.1 Å². The molecule has 3 fully saturated rings. The molecule has 1 aliphatic carbocycles. The predicted octanol–water partition coefficient (Wildman–Crippen LogP) is 3.19. The van der Waals surface area contributed by atoms with Crippen molar-refractivity contribution >= 4 is 16.8 Å². The highest BCUT2D eigenvalue weighted by molar-refractivity contribution is 5.81. The summed E-state index contributed by atoms with van der Waals surface area (Å²) in [4.78, 5) is 22.3. The van der Waals surface area contributed by atoms with Crippen LogP contribution in [0.2, 0.25) is 0 Å². The van der Waals surface area contributed by atoms with E-state index in [1.807, 2.05) is 12.3 Å². The van der Waals surface area contributed by atoms with E-state index in [2.05, 4.69) is 44.4 Å². The number of aromatic nitrogens is 1. The molecule has 29 heavy (non-hydrogen) atoms. The molecule has 1 N–H and O–H groups in total. The number of benzene rings is 1. The molecular formula is C24H32N4O. The number of hydrogen-bond acceptors (Lipinski definition) is 4. The standard InChI is InChI=1S/C24H32N4O/c29-24(26-21-8-9-21)20-7-3-13-28(17-20)22-10-14-27(15-11-22)16-19-5-1-4-18-6-2-12-25-23(18)19/h1-2,4-6,12,20-22H,3,7-11,13-17H2,(H,26,29). The molecule has 154 valence electrons. The van der Waals surface area contributed by atoms with Crippen LogP contribution in [0.4, 0.5) is 0 Å². The molecule has 5 heteroatoms. The lowest BCUT2D eigenvalue weighted by atomic mass is 9.93. The molecule has 3 aliphatic rings. The topological polar surface area (TPSA) is 48.5 Å². The van der Waals surface area contributed by atoms with Crippen molar-refractivity contribution in [3.8, 4) is 0 Å². The van der Waals surface area contributed by atoms with Gasteiger partial charge in [0, 0.05) is 36.8 Å². The second kappa shape index (κ2) is 8.41. The number of amides is 1. The van der Waals surface area contributed by atoms with Crippen LogP contribution in [0.25, 0.3) is 10.9 Å². The number of likely N-dealkylation sites (tertiary alicyclic amines) is 2. The average Bonchev–Trinajstić information content (AvgIpc) is 3.59. The number of carbonyl (C=O) groups is 1. The summed E-state index contributed by atoms with van der Waals surface area (Å²) in [5.74, 6) is 0.502. The summed E-state index contributed by atoms with van der Waals surface area (Å²) < 4.78 is 0. The fourth-order valence-electron chi connectivity index (χ4n) is 5.08. The van der Waals surface area contributed by atoms with Crippen molar-refractivity contribution < 1.29 is 4.79 Å². The Balaban J connectivity index is 1.15. The maximum atomic E-state index is 12.5. The first-order valence-electron chi connectivity index (χ1n) is 11.4. The Morgan fingerprint density at radius 2 is 1.86 bits per heavy atom. The molecule has 5 rings (SSSR count). The summed E-state index contributed by atoms with van der Waals surface area (Å²) in [6.45, 7) is 5.35. The Morgan fingerprint density at radius 1 is 1.03 bits per heavy atom. The molecule has 0 radical (unpaired) electrons. The van der Waals surface area contributed by atoms with Crippen LogP contribution in [0.3, 0.4) is 0 Å². The number of piperidine rings is 2. The van der Waals surface area contributed by atoms with E-state index < -0.39 is 0 Å². The third kappa shape index (κ3) is 4.46. The van der Waals surface area contributed by atoms with Crippen LogP contribution in [0.5, 0.6) is 0 Å². The number of nitrogens with one attached hydrogen (secondary N) is 1. The second-order valence-corrected chi connectivity index (χ2v) is 9.12.